The van der Waals surface area contributed by atoms with Gasteiger partial charge in [-0.1, -0.05) is 0 Å². The number of nitrogens with zero attached hydrogens (tertiary/aromatic N) is 3. The van der Waals surface area contributed by atoms with Crippen LogP contribution in [0.25, 0.3) is 0 Å². The SMILES string of the molecule is N#Cc1cc2c(nc1N(CCO)C1CC1)CCC2. The number of fused-ring (bicyclic) bond motifs is 1. The second kappa shape index (κ2) is 4.58. The van der Waals surface area contributed by atoms with E-state index in [9.17, 15) is 10.4 Å². The number of pyridine rings is 1. The van der Waals surface area contributed by atoms with Gasteiger partial charge in [-0.2, -0.15) is 5.26 Å². The Morgan fingerprint density at radius 2 is 2.28 bits per heavy atom. The van der Waals surface area contributed by atoms with Crippen molar-refractivity contribution in [3.8, 4) is 6.07 Å². The highest BCUT2D eigenvalue weighted by atomic mass is 16.3. The number of nitriles is 1. The smallest absolute Gasteiger partial charge is 0.147 e. The van der Waals surface area contributed by atoms with Crippen LogP contribution in [0.1, 0.15) is 36.1 Å². The fourth-order valence-electron chi connectivity index (χ4n) is 2.72. The number of aliphatic hydroxyl groups is 1. The molecule has 0 aliphatic heterocycles. The van der Waals surface area contributed by atoms with Crippen molar-refractivity contribution >= 4 is 5.82 Å². The normalized spacial score (nSPS) is 17.3. The molecule has 0 atom stereocenters. The number of hydrogen-bond acceptors (Lipinski definition) is 4. The summed E-state index contributed by atoms with van der Waals surface area (Å²) in [6.07, 6.45) is 5.49. The fourth-order valence-corrected chi connectivity index (χ4v) is 2.72. The molecule has 1 heterocycles. The van der Waals surface area contributed by atoms with E-state index in [2.05, 4.69) is 11.0 Å². The zero-order valence-electron chi connectivity index (χ0n) is 10.4. The van der Waals surface area contributed by atoms with Crippen LogP contribution in [-0.4, -0.2) is 29.3 Å². The van der Waals surface area contributed by atoms with Gasteiger partial charge in [0.05, 0.1) is 12.2 Å². The van der Waals surface area contributed by atoms with E-state index in [-0.39, 0.29) is 6.61 Å². The van der Waals surface area contributed by atoms with Crippen LogP contribution < -0.4 is 4.90 Å². The molecule has 0 radical (unpaired) electrons. The minimum Gasteiger partial charge on any atom is -0.395 e. The molecule has 4 nitrogen and oxygen atoms in total. The van der Waals surface area contributed by atoms with Gasteiger partial charge in [0, 0.05) is 18.3 Å². The minimum atomic E-state index is 0.111. The zero-order valence-corrected chi connectivity index (χ0v) is 10.4. The highest BCUT2D eigenvalue weighted by Crippen LogP contribution is 2.34. The molecule has 0 saturated heterocycles. The van der Waals surface area contributed by atoms with Gasteiger partial charge in [0.2, 0.25) is 0 Å². The lowest BCUT2D eigenvalue weighted by Crippen LogP contribution is -2.30. The van der Waals surface area contributed by atoms with Crippen molar-refractivity contribution in [3.63, 3.8) is 0 Å². The first-order valence-corrected chi connectivity index (χ1v) is 6.64. The van der Waals surface area contributed by atoms with E-state index in [0.29, 0.717) is 18.2 Å². The second-order valence-electron chi connectivity index (χ2n) is 5.08. The molecule has 1 aromatic heterocycles. The molecule has 0 unspecified atom stereocenters. The van der Waals surface area contributed by atoms with Gasteiger partial charge in [0.1, 0.15) is 11.9 Å². The molecule has 2 aliphatic carbocycles. The molecule has 1 N–H and O–H groups in total. The largest absolute Gasteiger partial charge is 0.395 e. The second-order valence-corrected chi connectivity index (χ2v) is 5.08. The van der Waals surface area contributed by atoms with Gasteiger partial charge in [0.15, 0.2) is 0 Å². The number of aryl methyl sites for hydroxylation is 2. The van der Waals surface area contributed by atoms with Crippen molar-refractivity contribution in [2.24, 2.45) is 0 Å². The van der Waals surface area contributed by atoms with E-state index in [1.807, 2.05) is 6.07 Å². The van der Waals surface area contributed by atoms with Gasteiger partial charge >= 0.3 is 0 Å². The lowest BCUT2D eigenvalue weighted by atomic mass is 10.1. The van der Waals surface area contributed by atoms with E-state index in [1.54, 1.807) is 0 Å². The third-order valence-corrected chi connectivity index (χ3v) is 3.75. The van der Waals surface area contributed by atoms with Crippen LogP contribution >= 0.6 is 0 Å². The minimum absolute atomic E-state index is 0.111. The van der Waals surface area contributed by atoms with Gasteiger partial charge in [-0.15, -0.1) is 0 Å². The predicted molar refractivity (Wildman–Crippen MR) is 68.4 cm³/mol. The van der Waals surface area contributed by atoms with Crippen molar-refractivity contribution in [2.45, 2.75) is 38.1 Å². The Labute approximate surface area is 107 Å². The first-order valence-electron chi connectivity index (χ1n) is 6.64. The lowest BCUT2D eigenvalue weighted by molar-refractivity contribution is 0.301. The molecule has 1 aromatic rings. The summed E-state index contributed by atoms with van der Waals surface area (Å²) in [5.41, 5.74) is 3.04. The van der Waals surface area contributed by atoms with Gasteiger partial charge in [-0.05, 0) is 43.7 Å². The molecule has 94 valence electrons. The van der Waals surface area contributed by atoms with Crippen molar-refractivity contribution in [2.75, 3.05) is 18.1 Å². The molecule has 0 spiro atoms. The standard InChI is InChI=1S/C14H17N3O/c15-9-11-8-10-2-1-3-13(10)16-14(11)17(6-7-18)12-4-5-12/h8,12,18H,1-7H2. The number of anilines is 1. The molecule has 1 saturated carbocycles. The van der Waals surface area contributed by atoms with Gasteiger partial charge in [0.25, 0.3) is 0 Å². The molecular weight excluding hydrogens is 226 g/mol. The van der Waals surface area contributed by atoms with Crippen LogP contribution in [-0.2, 0) is 12.8 Å². The maximum atomic E-state index is 9.29. The summed E-state index contributed by atoms with van der Waals surface area (Å²) >= 11 is 0. The van der Waals surface area contributed by atoms with E-state index >= 15 is 0 Å². The molecule has 4 heteroatoms. The van der Waals surface area contributed by atoms with E-state index in [0.717, 1.165) is 43.6 Å². The number of aromatic nitrogens is 1. The van der Waals surface area contributed by atoms with Crippen molar-refractivity contribution < 1.29 is 5.11 Å². The Balaban J connectivity index is 2.01. The van der Waals surface area contributed by atoms with Gasteiger partial charge in [-0.25, -0.2) is 4.98 Å². The number of aliphatic hydroxyl groups excluding tert-OH is 1. The summed E-state index contributed by atoms with van der Waals surface area (Å²) in [5, 5.41) is 18.5. The monoisotopic (exact) mass is 243 g/mol. The van der Waals surface area contributed by atoms with Crippen LogP contribution in [0.15, 0.2) is 6.07 Å². The summed E-state index contributed by atoms with van der Waals surface area (Å²) in [6, 6.07) is 4.73. The summed E-state index contributed by atoms with van der Waals surface area (Å²) in [7, 11) is 0. The molecular formula is C14H17N3O. The van der Waals surface area contributed by atoms with Crippen LogP contribution in [0, 0.1) is 11.3 Å². The third kappa shape index (κ3) is 1.95. The Kier molecular flexibility index (Phi) is 2.92. The summed E-state index contributed by atoms with van der Waals surface area (Å²) in [5.74, 6) is 0.787. The highest BCUT2D eigenvalue weighted by Gasteiger charge is 2.32. The maximum absolute atomic E-state index is 9.29. The van der Waals surface area contributed by atoms with Crippen molar-refractivity contribution in [1.29, 1.82) is 5.26 Å². The molecule has 2 aliphatic rings. The van der Waals surface area contributed by atoms with Gasteiger partial charge < -0.3 is 10.0 Å². The zero-order chi connectivity index (χ0) is 12.5. The fraction of sp³-hybridized carbons (Fsp3) is 0.571. The van der Waals surface area contributed by atoms with Crippen LogP contribution in [0.5, 0.6) is 0 Å². The molecule has 1 fully saturated rings. The maximum Gasteiger partial charge on any atom is 0.147 e. The topological polar surface area (TPSA) is 60.2 Å². The average Bonchev–Trinajstić information content (AvgIpc) is 3.12. The quantitative estimate of drug-likeness (QED) is 0.868. The van der Waals surface area contributed by atoms with Crippen molar-refractivity contribution in [1.82, 2.24) is 4.98 Å². The lowest BCUT2D eigenvalue weighted by Gasteiger charge is -2.24. The van der Waals surface area contributed by atoms with Crippen LogP contribution in [0.4, 0.5) is 5.82 Å². The molecule has 0 bridgehead atoms. The Morgan fingerprint density at radius 3 is 2.94 bits per heavy atom. The first kappa shape index (κ1) is 11.5. The van der Waals surface area contributed by atoms with Crippen LogP contribution in [0.2, 0.25) is 0 Å². The average molecular weight is 243 g/mol. The van der Waals surface area contributed by atoms with Crippen molar-refractivity contribution in [3.05, 3.63) is 22.9 Å². The summed E-state index contributed by atoms with van der Waals surface area (Å²) in [4.78, 5) is 6.80. The third-order valence-electron chi connectivity index (χ3n) is 3.75. The Morgan fingerprint density at radius 1 is 1.44 bits per heavy atom. The first-order chi connectivity index (χ1) is 8.83. The predicted octanol–water partition coefficient (Wildman–Crippen LogP) is 1.40. The summed E-state index contributed by atoms with van der Waals surface area (Å²) < 4.78 is 0. The molecule has 18 heavy (non-hydrogen) atoms. The van der Waals surface area contributed by atoms with Gasteiger partial charge in [-0.3, -0.25) is 0 Å². The Hall–Kier alpha value is -1.60. The molecule has 3 rings (SSSR count). The van der Waals surface area contributed by atoms with Crippen LogP contribution in [0.3, 0.4) is 0 Å². The van der Waals surface area contributed by atoms with E-state index < -0.39 is 0 Å². The number of rotatable bonds is 4. The summed E-state index contributed by atoms with van der Waals surface area (Å²) in [6.45, 7) is 0.686. The van der Waals surface area contributed by atoms with E-state index in [1.165, 1.54) is 5.56 Å². The van der Waals surface area contributed by atoms with E-state index in [4.69, 9.17) is 4.98 Å². The molecule has 0 aromatic carbocycles. The number of hydrogen-bond donors (Lipinski definition) is 1. The molecule has 0 amide bonds. The highest BCUT2D eigenvalue weighted by molar-refractivity contribution is 5.58. The Bertz CT molecular complexity index is 502.